The van der Waals surface area contributed by atoms with Gasteiger partial charge in [0.15, 0.2) is 11.7 Å². The largest absolute Gasteiger partial charge is 0.497 e. The minimum Gasteiger partial charge on any atom is -0.497 e. The summed E-state index contributed by atoms with van der Waals surface area (Å²) in [5.41, 5.74) is 0.300. The van der Waals surface area contributed by atoms with Gasteiger partial charge in [-0.3, -0.25) is 4.68 Å². The predicted octanol–water partition coefficient (Wildman–Crippen LogP) is 3.35. The van der Waals surface area contributed by atoms with Gasteiger partial charge in [0.05, 0.1) is 13.7 Å². The fourth-order valence-electron chi connectivity index (χ4n) is 3.45. The van der Waals surface area contributed by atoms with Gasteiger partial charge in [-0.2, -0.15) is 18.3 Å². The van der Waals surface area contributed by atoms with E-state index in [2.05, 4.69) is 25.2 Å². The molecule has 7 nitrogen and oxygen atoms in total. The van der Waals surface area contributed by atoms with Crippen LogP contribution in [0.1, 0.15) is 18.2 Å². The van der Waals surface area contributed by atoms with Crippen molar-refractivity contribution in [2.75, 3.05) is 44.7 Å². The molecule has 1 aliphatic rings. The second-order valence-electron chi connectivity index (χ2n) is 7.02. The molecule has 1 N–H and O–H groups in total. The molecule has 2 aromatic rings. The van der Waals surface area contributed by atoms with Crippen LogP contribution in [0.15, 0.2) is 35.5 Å². The molecule has 0 aliphatic carbocycles. The molecule has 0 spiro atoms. The molecular weight excluding hydrogens is 524 g/mol. The summed E-state index contributed by atoms with van der Waals surface area (Å²) in [4.78, 5) is 8.80. The molecule has 0 amide bonds. The van der Waals surface area contributed by atoms with Gasteiger partial charge in [0.1, 0.15) is 5.75 Å². The van der Waals surface area contributed by atoms with Crippen molar-refractivity contribution in [3.63, 3.8) is 0 Å². The van der Waals surface area contributed by atoms with E-state index in [1.54, 1.807) is 7.11 Å². The number of methoxy groups -OCH3 is 1. The number of piperazine rings is 1. The Labute approximate surface area is 197 Å². The molecule has 2 heterocycles. The number of anilines is 1. The zero-order valence-corrected chi connectivity index (χ0v) is 20.1. The van der Waals surface area contributed by atoms with Gasteiger partial charge in [-0.15, -0.1) is 24.0 Å². The number of aryl methyl sites for hydroxylation is 1. The SMILES string of the molecule is CCNC(=NCc1cn(C)nc1C(F)(F)F)N1CCN(c2ccc(OC)cc2)CC1.I. The summed E-state index contributed by atoms with van der Waals surface area (Å²) >= 11 is 0. The lowest BCUT2D eigenvalue weighted by atomic mass is 10.2. The number of benzene rings is 1. The highest BCUT2D eigenvalue weighted by molar-refractivity contribution is 14.0. The van der Waals surface area contributed by atoms with Crippen LogP contribution in [-0.2, 0) is 19.8 Å². The van der Waals surface area contributed by atoms with Crippen LogP contribution in [0.4, 0.5) is 18.9 Å². The van der Waals surface area contributed by atoms with E-state index in [0.29, 0.717) is 12.5 Å². The highest BCUT2D eigenvalue weighted by Crippen LogP contribution is 2.31. The van der Waals surface area contributed by atoms with Crippen molar-refractivity contribution in [2.45, 2.75) is 19.6 Å². The Balaban J connectivity index is 0.00000341. The first-order chi connectivity index (χ1) is 14.3. The van der Waals surface area contributed by atoms with Gasteiger partial charge in [-0.05, 0) is 31.2 Å². The quantitative estimate of drug-likeness (QED) is 0.351. The minimum absolute atomic E-state index is 0. The van der Waals surface area contributed by atoms with Crippen molar-refractivity contribution in [3.05, 3.63) is 41.7 Å². The number of hydrogen-bond donors (Lipinski definition) is 1. The molecule has 172 valence electrons. The molecule has 0 saturated carbocycles. The summed E-state index contributed by atoms with van der Waals surface area (Å²) in [6.45, 7) is 5.51. The van der Waals surface area contributed by atoms with Gasteiger partial charge in [0.25, 0.3) is 0 Å². The fraction of sp³-hybridized carbons (Fsp3) is 0.500. The van der Waals surface area contributed by atoms with Crippen molar-refractivity contribution in [2.24, 2.45) is 12.0 Å². The molecule has 1 aromatic heterocycles. The van der Waals surface area contributed by atoms with E-state index in [-0.39, 0.29) is 36.1 Å². The van der Waals surface area contributed by atoms with Crippen LogP contribution < -0.4 is 15.0 Å². The second kappa shape index (κ2) is 10.9. The molecule has 1 fully saturated rings. The van der Waals surface area contributed by atoms with Gasteiger partial charge in [0.2, 0.25) is 0 Å². The molecule has 0 bridgehead atoms. The monoisotopic (exact) mass is 552 g/mol. The second-order valence-corrected chi connectivity index (χ2v) is 7.02. The summed E-state index contributed by atoms with van der Waals surface area (Å²) in [5.74, 6) is 1.43. The topological polar surface area (TPSA) is 57.9 Å². The molecule has 1 aliphatic heterocycles. The summed E-state index contributed by atoms with van der Waals surface area (Å²) in [6.07, 6.45) is -3.12. The van der Waals surface area contributed by atoms with Gasteiger partial charge in [-0.1, -0.05) is 0 Å². The maximum Gasteiger partial charge on any atom is 0.435 e. The van der Waals surface area contributed by atoms with Crippen LogP contribution in [0.5, 0.6) is 5.75 Å². The number of nitrogens with zero attached hydrogens (tertiary/aromatic N) is 5. The Hall–Kier alpha value is -2.18. The van der Waals surface area contributed by atoms with E-state index in [0.717, 1.165) is 37.6 Å². The third-order valence-corrected chi connectivity index (χ3v) is 4.92. The standard InChI is InChI=1S/C20H27F3N6O.HI/c1-4-24-19(25-13-15-14-27(2)26-18(15)20(21,22)23)29-11-9-28(10-12-29)16-5-7-17(30-3)8-6-16;/h5-8,14H,4,9-13H2,1-3H3,(H,24,25);1H. The predicted molar refractivity (Wildman–Crippen MR) is 125 cm³/mol. The Morgan fingerprint density at radius 3 is 2.35 bits per heavy atom. The van der Waals surface area contributed by atoms with Crippen LogP contribution in [0.2, 0.25) is 0 Å². The van der Waals surface area contributed by atoms with E-state index < -0.39 is 11.9 Å². The van der Waals surface area contributed by atoms with E-state index in [1.165, 1.54) is 17.9 Å². The summed E-state index contributed by atoms with van der Waals surface area (Å²) in [6, 6.07) is 7.91. The number of rotatable bonds is 5. The fourth-order valence-corrected chi connectivity index (χ4v) is 3.45. The summed E-state index contributed by atoms with van der Waals surface area (Å²) in [7, 11) is 3.12. The van der Waals surface area contributed by atoms with E-state index in [4.69, 9.17) is 4.74 Å². The maximum absolute atomic E-state index is 13.2. The maximum atomic E-state index is 13.2. The molecular formula is C20H28F3IN6O. The lowest BCUT2D eigenvalue weighted by Gasteiger charge is -2.37. The number of halogens is 4. The third kappa shape index (κ3) is 6.40. The van der Waals surface area contributed by atoms with Crippen LogP contribution in [0.25, 0.3) is 0 Å². The number of guanidine groups is 1. The van der Waals surface area contributed by atoms with E-state index in [1.807, 2.05) is 31.2 Å². The molecule has 31 heavy (non-hydrogen) atoms. The Morgan fingerprint density at radius 2 is 1.81 bits per heavy atom. The average molecular weight is 552 g/mol. The molecule has 3 rings (SSSR count). The highest BCUT2D eigenvalue weighted by atomic mass is 127. The average Bonchev–Trinajstić information content (AvgIpc) is 3.12. The smallest absolute Gasteiger partial charge is 0.435 e. The van der Waals surface area contributed by atoms with Crippen LogP contribution in [-0.4, -0.2) is 60.5 Å². The lowest BCUT2D eigenvalue weighted by Crippen LogP contribution is -2.52. The molecule has 0 atom stereocenters. The number of alkyl halides is 3. The summed E-state index contributed by atoms with van der Waals surface area (Å²) < 4.78 is 45.9. The van der Waals surface area contributed by atoms with Gasteiger partial charge >= 0.3 is 6.18 Å². The number of ether oxygens (including phenoxy) is 1. The molecule has 11 heteroatoms. The van der Waals surface area contributed by atoms with Crippen molar-refractivity contribution < 1.29 is 17.9 Å². The van der Waals surface area contributed by atoms with Crippen molar-refractivity contribution in [1.82, 2.24) is 20.0 Å². The first kappa shape index (κ1) is 25.1. The molecule has 1 saturated heterocycles. The first-order valence-corrected chi connectivity index (χ1v) is 9.83. The van der Waals surface area contributed by atoms with Crippen molar-refractivity contribution >= 4 is 35.6 Å². The lowest BCUT2D eigenvalue weighted by molar-refractivity contribution is -0.142. The van der Waals surface area contributed by atoms with Crippen LogP contribution in [0, 0.1) is 0 Å². The Bertz CT molecular complexity index is 861. The van der Waals surface area contributed by atoms with Crippen molar-refractivity contribution in [3.8, 4) is 5.75 Å². The number of aromatic nitrogens is 2. The Kier molecular flexibility index (Phi) is 8.83. The van der Waals surface area contributed by atoms with E-state index in [9.17, 15) is 13.2 Å². The van der Waals surface area contributed by atoms with Gasteiger partial charge in [-0.25, -0.2) is 4.99 Å². The molecule has 0 unspecified atom stereocenters. The molecule has 1 aromatic carbocycles. The van der Waals surface area contributed by atoms with E-state index >= 15 is 0 Å². The zero-order chi connectivity index (χ0) is 21.7. The number of hydrogen-bond acceptors (Lipinski definition) is 4. The highest BCUT2D eigenvalue weighted by Gasteiger charge is 2.36. The zero-order valence-electron chi connectivity index (χ0n) is 17.8. The van der Waals surface area contributed by atoms with Gasteiger partial charge < -0.3 is 19.9 Å². The third-order valence-electron chi connectivity index (χ3n) is 4.92. The normalized spacial score (nSPS) is 15.0. The Morgan fingerprint density at radius 1 is 1.16 bits per heavy atom. The van der Waals surface area contributed by atoms with Crippen molar-refractivity contribution in [1.29, 1.82) is 0 Å². The number of nitrogens with one attached hydrogen (secondary N) is 1. The van der Waals surface area contributed by atoms with Gasteiger partial charge in [0, 0.05) is 57.2 Å². The number of aliphatic imine (C=N–C) groups is 1. The molecule has 0 radical (unpaired) electrons. The first-order valence-electron chi connectivity index (χ1n) is 9.83. The van der Waals surface area contributed by atoms with Crippen LogP contribution >= 0.6 is 24.0 Å². The van der Waals surface area contributed by atoms with Crippen LogP contribution in [0.3, 0.4) is 0 Å². The minimum atomic E-state index is -4.49. The summed E-state index contributed by atoms with van der Waals surface area (Å²) in [5, 5.41) is 6.74.